The highest BCUT2D eigenvalue weighted by Gasteiger charge is 2.16. The summed E-state index contributed by atoms with van der Waals surface area (Å²) in [7, 11) is 1.70. The molecule has 0 fully saturated rings. The van der Waals surface area contributed by atoms with Gasteiger partial charge in [0.05, 0.1) is 17.0 Å². The molecule has 0 aromatic carbocycles. The highest BCUT2D eigenvalue weighted by Crippen LogP contribution is 2.23. The summed E-state index contributed by atoms with van der Waals surface area (Å²) in [6.45, 7) is 7.98. The number of aromatic nitrogens is 1. The zero-order valence-electron chi connectivity index (χ0n) is 14.0. The zero-order chi connectivity index (χ0) is 16.7. The van der Waals surface area contributed by atoms with Crippen LogP contribution in [0.25, 0.3) is 10.8 Å². The second-order valence-corrected chi connectivity index (χ2v) is 6.58. The average molecular weight is 336 g/mol. The number of ether oxygens (including phenoxy) is 1. The number of hydrogen-bond acceptors (Lipinski definition) is 5. The van der Waals surface area contributed by atoms with Gasteiger partial charge in [0.1, 0.15) is 12.0 Å². The molecule has 0 atom stereocenters. The number of hydrogen-bond donors (Lipinski definition) is 2. The second kappa shape index (κ2) is 8.12. The van der Waals surface area contributed by atoms with Gasteiger partial charge in [-0.05, 0) is 32.2 Å². The first-order chi connectivity index (χ1) is 11.0. The van der Waals surface area contributed by atoms with Crippen LogP contribution < -0.4 is 10.6 Å². The zero-order valence-corrected chi connectivity index (χ0v) is 14.9. The van der Waals surface area contributed by atoms with E-state index in [0.29, 0.717) is 19.0 Å². The lowest BCUT2D eigenvalue weighted by Gasteiger charge is -2.24. The van der Waals surface area contributed by atoms with Gasteiger partial charge in [-0.2, -0.15) is 0 Å². The Bertz CT molecular complexity index is 620. The van der Waals surface area contributed by atoms with E-state index in [9.17, 15) is 0 Å². The standard InChI is InChI=1S/C16H24N4O2S/c1-5-17-15(19-11-16(2,3)21-4)18-9-12-10-22-14(20-12)13-7-6-8-23-13/h6-8,10H,5,9,11H2,1-4H3,(H2,17,18,19). The van der Waals surface area contributed by atoms with Crippen molar-refractivity contribution >= 4 is 17.3 Å². The van der Waals surface area contributed by atoms with Crippen LogP contribution in [0.4, 0.5) is 0 Å². The number of oxazole rings is 1. The maximum Gasteiger partial charge on any atom is 0.236 e. The van der Waals surface area contributed by atoms with Crippen molar-refractivity contribution in [2.45, 2.75) is 32.9 Å². The van der Waals surface area contributed by atoms with Crippen LogP contribution in [-0.4, -0.2) is 36.7 Å². The largest absolute Gasteiger partial charge is 0.443 e. The molecule has 6 nitrogen and oxygen atoms in total. The summed E-state index contributed by atoms with van der Waals surface area (Å²) in [5.41, 5.74) is 0.549. The minimum Gasteiger partial charge on any atom is -0.443 e. The van der Waals surface area contributed by atoms with Gasteiger partial charge in [-0.3, -0.25) is 0 Å². The molecule has 0 bridgehead atoms. The van der Waals surface area contributed by atoms with Gasteiger partial charge >= 0.3 is 0 Å². The normalized spacial score (nSPS) is 12.4. The predicted molar refractivity (Wildman–Crippen MR) is 93.7 cm³/mol. The van der Waals surface area contributed by atoms with E-state index in [0.717, 1.165) is 23.1 Å². The third-order valence-electron chi connectivity index (χ3n) is 3.26. The van der Waals surface area contributed by atoms with Gasteiger partial charge in [-0.15, -0.1) is 11.3 Å². The first-order valence-corrected chi connectivity index (χ1v) is 8.47. The molecule has 0 aliphatic rings. The number of nitrogens with one attached hydrogen (secondary N) is 2. The fourth-order valence-corrected chi connectivity index (χ4v) is 2.42. The van der Waals surface area contributed by atoms with Crippen LogP contribution in [0.15, 0.2) is 33.2 Å². The first-order valence-electron chi connectivity index (χ1n) is 7.59. The van der Waals surface area contributed by atoms with Gasteiger partial charge in [0.2, 0.25) is 5.89 Å². The van der Waals surface area contributed by atoms with Crippen LogP contribution in [0.1, 0.15) is 26.5 Å². The lowest BCUT2D eigenvalue weighted by Crippen LogP contribution is -2.45. The van der Waals surface area contributed by atoms with Crippen LogP contribution in [0.2, 0.25) is 0 Å². The number of rotatable bonds is 7. The monoisotopic (exact) mass is 336 g/mol. The van der Waals surface area contributed by atoms with Gasteiger partial charge in [-0.1, -0.05) is 6.07 Å². The Morgan fingerprint density at radius 3 is 2.91 bits per heavy atom. The Labute approximate surface area is 141 Å². The summed E-state index contributed by atoms with van der Waals surface area (Å²) in [6, 6.07) is 3.97. The van der Waals surface area contributed by atoms with Crippen LogP contribution in [0.5, 0.6) is 0 Å². The third-order valence-corrected chi connectivity index (χ3v) is 4.12. The van der Waals surface area contributed by atoms with E-state index in [1.54, 1.807) is 24.7 Å². The summed E-state index contributed by atoms with van der Waals surface area (Å²) in [4.78, 5) is 10.0. The van der Waals surface area contributed by atoms with Crippen LogP contribution >= 0.6 is 11.3 Å². The Morgan fingerprint density at radius 2 is 2.26 bits per heavy atom. The van der Waals surface area contributed by atoms with Gasteiger partial charge in [0.15, 0.2) is 5.96 Å². The lowest BCUT2D eigenvalue weighted by atomic mass is 10.1. The SMILES string of the molecule is CCNC(=NCc1coc(-c2cccs2)n1)NCC(C)(C)OC. The van der Waals surface area contributed by atoms with E-state index in [-0.39, 0.29) is 5.60 Å². The maximum absolute atomic E-state index is 5.50. The summed E-state index contributed by atoms with van der Waals surface area (Å²) >= 11 is 1.60. The van der Waals surface area contributed by atoms with Gasteiger partial charge < -0.3 is 19.8 Å². The second-order valence-electron chi connectivity index (χ2n) is 5.63. The van der Waals surface area contributed by atoms with Gasteiger partial charge in [0.25, 0.3) is 0 Å². The number of methoxy groups -OCH3 is 1. The molecule has 2 aromatic heterocycles. The molecule has 2 aromatic rings. The quantitative estimate of drug-likeness (QED) is 0.601. The molecule has 7 heteroatoms. The van der Waals surface area contributed by atoms with Crippen molar-refractivity contribution in [3.63, 3.8) is 0 Å². The molecule has 0 aliphatic carbocycles. The van der Waals surface area contributed by atoms with Crippen LogP contribution in [-0.2, 0) is 11.3 Å². The third kappa shape index (κ3) is 5.37. The molecule has 0 aliphatic heterocycles. The minimum absolute atomic E-state index is 0.254. The minimum atomic E-state index is -0.254. The highest BCUT2D eigenvalue weighted by molar-refractivity contribution is 7.13. The molecular formula is C16H24N4O2S. The van der Waals surface area contributed by atoms with Gasteiger partial charge in [-0.25, -0.2) is 9.98 Å². The van der Waals surface area contributed by atoms with Crippen LogP contribution in [0, 0.1) is 0 Å². The Morgan fingerprint density at radius 1 is 1.43 bits per heavy atom. The predicted octanol–water partition coefficient (Wildman–Crippen LogP) is 2.88. The smallest absolute Gasteiger partial charge is 0.236 e. The number of thiophene rings is 1. The van der Waals surface area contributed by atoms with Crippen molar-refractivity contribution in [2.24, 2.45) is 4.99 Å². The molecule has 2 rings (SSSR count). The Hall–Kier alpha value is -1.86. The molecule has 0 spiro atoms. The molecule has 0 saturated heterocycles. The fourth-order valence-electron chi connectivity index (χ4n) is 1.76. The van der Waals surface area contributed by atoms with E-state index in [4.69, 9.17) is 9.15 Å². The van der Waals surface area contributed by atoms with Crippen molar-refractivity contribution in [1.82, 2.24) is 15.6 Å². The van der Waals surface area contributed by atoms with E-state index < -0.39 is 0 Å². The number of guanidine groups is 1. The fraction of sp³-hybridized carbons (Fsp3) is 0.500. The molecule has 0 unspecified atom stereocenters. The average Bonchev–Trinajstić information content (AvgIpc) is 3.20. The van der Waals surface area contributed by atoms with E-state index >= 15 is 0 Å². The summed E-state index contributed by atoms with van der Waals surface area (Å²) in [5, 5.41) is 8.49. The number of nitrogens with zero attached hydrogens (tertiary/aromatic N) is 2. The van der Waals surface area contributed by atoms with E-state index in [1.165, 1.54) is 0 Å². The summed E-state index contributed by atoms with van der Waals surface area (Å²) in [6.07, 6.45) is 1.65. The van der Waals surface area contributed by atoms with Crippen LogP contribution in [0.3, 0.4) is 0 Å². The molecule has 0 saturated carbocycles. The van der Waals surface area contributed by atoms with E-state index in [1.807, 2.05) is 38.3 Å². The van der Waals surface area contributed by atoms with Crippen molar-refractivity contribution in [3.8, 4) is 10.8 Å². The molecule has 0 radical (unpaired) electrons. The molecule has 23 heavy (non-hydrogen) atoms. The Kier molecular flexibility index (Phi) is 6.18. The van der Waals surface area contributed by atoms with E-state index in [2.05, 4.69) is 20.6 Å². The topological polar surface area (TPSA) is 71.7 Å². The first kappa shape index (κ1) is 17.5. The summed E-state index contributed by atoms with van der Waals surface area (Å²) in [5.74, 6) is 1.38. The highest BCUT2D eigenvalue weighted by atomic mass is 32.1. The molecule has 126 valence electrons. The lowest BCUT2D eigenvalue weighted by molar-refractivity contribution is 0.0268. The van der Waals surface area contributed by atoms with Gasteiger partial charge in [0, 0.05) is 20.2 Å². The number of aliphatic imine (C=N–C) groups is 1. The van der Waals surface area contributed by atoms with Crippen molar-refractivity contribution in [3.05, 3.63) is 29.5 Å². The van der Waals surface area contributed by atoms with Crippen molar-refractivity contribution in [2.75, 3.05) is 20.2 Å². The summed E-state index contributed by atoms with van der Waals surface area (Å²) < 4.78 is 10.9. The maximum atomic E-state index is 5.50. The van der Waals surface area contributed by atoms with Crippen molar-refractivity contribution in [1.29, 1.82) is 0 Å². The molecular weight excluding hydrogens is 312 g/mol. The molecule has 2 N–H and O–H groups in total. The van der Waals surface area contributed by atoms with Crippen molar-refractivity contribution < 1.29 is 9.15 Å². The molecule has 0 amide bonds. The molecule has 2 heterocycles. The Balaban J connectivity index is 1.97.